The molecule has 2 rings (SSSR count). The average Bonchev–Trinajstić information content (AvgIpc) is 2.38. The van der Waals surface area contributed by atoms with E-state index in [1.165, 1.54) is 13.3 Å². The molecule has 0 atom stereocenters. The number of rotatable bonds is 3. The maximum atomic E-state index is 11.2. The minimum atomic E-state index is -1.01. The molecule has 0 spiro atoms. The molecule has 5 nitrogen and oxygen atoms in total. The van der Waals surface area contributed by atoms with Crippen molar-refractivity contribution in [3.8, 4) is 17.0 Å². The molecule has 92 valence electrons. The standard InChI is InChI=1S/C13H12N2O3/c1-8-5-10(11(7-15-8)13(16)17)9-3-4-14-12(6-9)18-2/h3-7H,1-2H3,(H,16,17). The Balaban J connectivity index is 2.61. The third-order valence-corrected chi connectivity index (χ3v) is 2.53. The molecule has 0 radical (unpaired) electrons. The maximum absolute atomic E-state index is 11.2. The van der Waals surface area contributed by atoms with Gasteiger partial charge in [0.25, 0.3) is 0 Å². The lowest BCUT2D eigenvalue weighted by Gasteiger charge is -2.08. The van der Waals surface area contributed by atoms with E-state index in [9.17, 15) is 4.79 Å². The van der Waals surface area contributed by atoms with Crippen molar-refractivity contribution in [2.45, 2.75) is 6.92 Å². The maximum Gasteiger partial charge on any atom is 0.337 e. The first-order valence-corrected chi connectivity index (χ1v) is 5.32. The lowest BCUT2D eigenvalue weighted by Crippen LogP contribution is -2.02. The summed E-state index contributed by atoms with van der Waals surface area (Å²) in [6.07, 6.45) is 2.94. The van der Waals surface area contributed by atoms with Gasteiger partial charge in [0.1, 0.15) is 0 Å². The Morgan fingerprint density at radius 2 is 2.11 bits per heavy atom. The van der Waals surface area contributed by atoms with Crippen LogP contribution in [-0.2, 0) is 0 Å². The molecule has 1 N–H and O–H groups in total. The zero-order chi connectivity index (χ0) is 13.1. The second kappa shape index (κ2) is 4.83. The van der Waals surface area contributed by atoms with Crippen LogP contribution in [0.4, 0.5) is 0 Å². The van der Waals surface area contributed by atoms with Gasteiger partial charge in [-0.15, -0.1) is 0 Å². The number of carboxylic acids is 1. The van der Waals surface area contributed by atoms with Gasteiger partial charge in [-0.2, -0.15) is 0 Å². The van der Waals surface area contributed by atoms with E-state index in [1.807, 2.05) is 6.92 Å². The number of carbonyl (C=O) groups is 1. The number of hydrogen-bond acceptors (Lipinski definition) is 4. The summed E-state index contributed by atoms with van der Waals surface area (Å²) in [5.74, 6) is -0.563. The van der Waals surface area contributed by atoms with Gasteiger partial charge in [0, 0.05) is 24.2 Å². The summed E-state index contributed by atoms with van der Waals surface area (Å²) in [6, 6.07) is 5.17. The molecular formula is C13H12N2O3. The largest absolute Gasteiger partial charge is 0.481 e. The summed E-state index contributed by atoms with van der Waals surface area (Å²) in [4.78, 5) is 19.2. The van der Waals surface area contributed by atoms with Crippen molar-refractivity contribution in [3.63, 3.8) is 0 Å². The number of aromatic carboxylic acids is 1. The van der Waals surface area contributed by atoms with Gasteiger partial charge in [0.05, 0.1) is 12.7 Å². The molecule has 0 unspecified atom stereocenters. The van der Waals surface area contributed by atoms with Crippen LogP contribution in [0, 0.1) is 6.92 Å². The minimum Gasteiger partial charge on any atom is -0.481 e. The highest BCUT2D eigenvalue weighted by molar-refractivity contribution is 5.95. The molecule has 0 bridgehead atoms. The Morgan fingerprint density at radius 3 is 2.78 bits per heavy atom. The second-order valence-corrected chi connectivity index (χ2v) is 3.76. The molecule has 0 fully saturated rings. The molecule has 0 aliphatic rings. The molecule has 2 aromatic rings. The predicted molar refractivity (Wildman–Crippen MR) is 65.7 cm³/mol. The average molecular weight is 244 g/mol. The van der Waals surface area contributed by atoms with E-state index in [2.05, 4.69) is 9.97 Å². The van der Waals surface area contributed by atoms with Gasteiger partial charge in [0.2, 0.25) is 5.88 Å². The first kappa shape index (κ1) is 12.0. The van der Waals surface area contributed by atoms with Crippen molar-refractivity contribution in [2.24, 2.45) is 0 Å². The second-order valence-electron chi connectivity index (χ2n) is 3.76. The fraction of sp³-hybridized carbons (Fsp3) is 0.154. The number of ether oxygens (including phenoxy) is 1. The van der Waals surface area contributed by atoms with Gasteiger partial charge in [-0.3, -0.25) is 4.98 Å². The lowest BCUT2D eigenvalue weighted by molar-refractivity contribution is 0.0697. The van der Waals surface area contributed by atoms with E-state index in [1.54, 1.807) is 24.4 Å². The van der Waals surface area contributed by atoms with Crippen LogP contribution in [0.3, 0.4) is 0 Å². The smallest absolute Gasteiger partial charge is 0.337 e. The third kappa shape index (κ3) is 2.29. The predicted octanol–water partition coefficient (Wildman–Crippen LogP) is 2.16. The van der Waals surface area contributed by atoms with Crippen LogP contribution in [0.15, 0.2) is 30.6 Å². The van der Waals surface area contributed by atoms with E-state index in [0.29, 0.717) is 11.4 Å². The van der Waals surface area contributed by atoms with Crippen LogP contribution in [0.1, 0.15) is 16.1 Å². The summed E-state index contributed by atoms with van der Waals surface area (Å²) < 4.78 is 5.03. The Labute approximate surface area is 104 Å². The Bertz CT molecular complexity index is 597. The molecule has 0 aliphatic heterocycles. The third-order valence-electron chi connectivity index (χ3n) is 2.53. The van der Waals surface area contributed by atoms with Gasteiger partial charge in [-0.05, 0) is 30.2 Å². The topological polar surface area (TPSA) is 72.3 Å². The SMILES string of the molecule is COc1cc(-c2cc(C)ncc2C(=O)O)ccn1. The molecule has 0 saturated carbocycles. The summed E-state index contributed by atoms with van der Waals surface area (Å²) in [5.41, 5.74) is 2.26. The molecule has 18 heavy (non-hydrogen) atoms. The summed E-state index contributed by atoms with van der Waals surface area (Å²) >= 11 is 0. The quantitative estimate of drug-likeness (QED) is 0.895. The van der Waals surface area contributed by atoms with Gasteiger partial charge >= 0.3 is 5.97 Å². The van der Waals surface area contributed by atoms with Crippen molar-refractivity contribution in [1.82, 2.24) is 9.97 Å². The Kier molecular flexibility index (Phi) is 3.23. The number of aromatic nitrogens is 2. The molecule has 2 heterocycles. The van der Waals surface area contributed by atoms with Crippen molar-refractivity contribution < 1.29 is 14.6 Å². The number of aryl methyl sites for hydroxylation is 1. The van der Waals surface area contributed by atoms with Gasteiger partial charge < -0.3 is 9.84 Å². The van der Waals surface area contributed by atoms with Crippen LogP contribution in [0.2, 0.25) is 0 Å². The summed E-state index contributed by atoms with van der Waals surface area (Å²) in [5, 5.41) is 9.16. The van der Waals surface area contributed by atoms with Crippen LogP contribution in [0.5, 0.6) is 5.88 Å². The molecule has 2 aromatic heterocycles. The minimum absolute atomic E-state index is 0.161. The number of methoxy groups -OCH3 is 1. The number of nitrogens with zero attached hydrogens (tertiary/aromatic N) is 2. The fourth-order valence-electron chi connectivity index (χ4n) is 1.66. The van der Waals surface area contributed by atoms with E-state index < -0.39 is 5.97 Å². The lowest BCUT2D eigenvalue weighted by atomic mass is 10.0. The van der Waals surface area contributed by atoms with Crippen molar-refractivity contribution in [1.29, 1.82) is 0 Å². The van der Waals surface area contributed by atoms with Gasteiger partial charge in [-0.25, -0.2) is 9.78 Å². The normalized spacial score (nSPS) is 10.1. The van der Waals surface area contributed by atoms with Gasteiger partial charge in [-0.1, -0.05) is 0 Å². The zero-order valence-corrected chi connectivity index (χ0v) is 10.0. The first-order valence-electron chi connectivity index (χ1n) is 5.32. The highest BCUT2D eigenvalue weighted by Crippen LogP contribution is 2.26. The summed E-state index contributed by atoms with van der Waals surface area (Å²) in [6.45, 7) is 1.81. The molecule has 0 saturated heterocycles. The van der Waals surface area contributed by atoms with Crippen molar-refractivity contribution >= 4 is 5.97 Å². The molecule has 5 heteroatoms. The monoisotopic (exact) mass is 244 g/mol. The highest BCUT2D eigenvalue weighted by atomic mass is 16.5. The van der Waals surface area contributed by atoms with Crippen LogP contribution in [-0.4, -0.2) is 28.2 Å². The van der Waals surface area contributed by atoms with Gasteiger partial charge in [0.15, 0.2) is 0 Å². The van der Waals surface area contributed by atoms with E-state index in [-0.39, 0.29) is 5.56 Å². The Morgan fingerprint density at radius 1 is 1.33 bits per heavy atom. The van der Waals surface area contributed by atoms with E-state index in [4.69, 9.17) is 9.84 Å². The zero-order valence-electron chi connectivity index (χ0n) is 10.0. The molecule has 0 aromatic carbocycles. The van der Waals surface area contributed by atoms with E-state index >= 15 is 0 Å². The first-order chi connectivity index (χ1) is 8.61. The molecular weight excluding hydrogens is 232 g/mol. The van der Waals surface area contributed by atoms with Crippen molar-refractivity contribution in [3.05, 3.63) is 41.9 Å². The van der Waals surface area contributed by atoms with Crippen LogP contribution >= 0.6 is 0 Å². The Hall–Kier alpha value is -2.43. The molecule has 0 aliphatic carbocycles. The number of carboxylic acid groups (broad SMARTS) is 1. The number of pyridine rings is 2. The fourth-order valence-corrected chi connectivity index (χ4v) is 1.66. The van der Waals surface area contributed by atoms with E-state index in [0.717, 1.165) is 11.3 Å². The number of hydrogen-bond donors (Lipinski definition) is 1. The summed E-state index contributed by atoms with van der Waals surface area (Å²) in [7, 11) is 1.52. The van der Waals surface area contributed by atoms with Crippen molar-refractivity contribution in [2.75, 3.05) is 7.11 Å². The van der Waals surface area contributed by atoms with Crippen LogP contribution in [0.25, 0.3) is 11.1 Å². The molecule has 0 amide bonds. The van der Waals surface area contributed by atoms with Crippen LogP contribution < -0.4 is 4.74 Å². The highest BCUT2D eigenvalue weighted by Gasteiger charge is 2.13.